The normalized spacial score (nSPS) is 11.8. The summed E-state index contributed by atoms with van der Waals surface area (Å²) in [7, 11) is 0. The molecule has 0 saturated heterocycles. The number of carbonyl (C=O) groups excluding carboxylic acids is 1. The van der Waals surface area contributed by atoms with Gasteiger partial charge in [-0.25, -0.2) is 5.43 Å². The fraction of sp³-hybridized carbons (Fsp3) is 0.214. The van der Waals surface area contributed by atoms with E-state index in [4.69, 9.17) is 0 Å². The zero-order valence-electron chi connectivity index (χ0n) is 12.0. The minimum absolute atomic E-state index is 0.158. The maximum Gasteiger partial charge on any atom is 0.416 e. The SMILES string of the molecule is Cc1[nH][nH]c(=O)c1CC(=O)NN=Cc1ccc(C(F)(F)F)cc1. The van der Waals surface area contributed by atoms with Gasteiger partial charge in [0.2, 0.25) is 5.91 Å². The maximum atomic E-state index is 12.4. The van der Waals surface area contributed by atoms with Crippen LogP contribution >= 0.6 is 0 Å². The van der Waals surface area contributed by atoms with Crippen LogP contribution in [0.1, 0.15) is 22.4 Å². The molecule has 2 aromatic rings. The zero-order valence-corrected chi connectivity index (χ0v) is 12.0. The Hall–Kier alpha value is -2.84. The van der Waals surface area contributed by atoms with Crippen LogP contribution in [0.3, 0.4) is 0 Å². The van der Waals surface area contributed by atoms with E-state index >= 15 is 0 Å². The summed E-state index contributed by atoms with van der Waals surface area (Å²) in [5.74, 6) is -0.513. The molecule has 0 fully saturated rings. The number of H-pyrrole nitrogens is 2. The van der Waals surface area contributed by atoms with Crippen molar-refractivity contribution < 1.29 is 18.0 Å². The quantitative estimate of drug-likeness (QED) is 0.590. The van der Waals surface area contributed by atoms with Gasteiger partial charge in [0.1, 0.15) is 0 Å². The predicted octanol–water partition coefficient (Wildman–Crippen LogP) is 1.72. The van der Waals surface area contributed by atoms with Crippen molar-refractivity contribution >= 4 is 12.1 Å². The number of carbonyl (C=O) groups is 1. The Morgan fingerprint density at radius 1 is 1.26 bits per heavy atom. The lowest BCUT2D eigenvalue weighted by Gasteiger charge is -2.05. The van der Waals surface area contributed by atoms with Crippen molar-refractivity contribution in [2.75, 3.05) is 0 Å². The van der Waals surface area contributed by atoms with Crippen LogP contribution in [0.4, 0.5) is 13.2 Å². The summed E-state index contributed by atoms with van der Waals surface area (Å²) in [5.41, 5.74) is 2.31. The third kappa shape index (κ3) is 4.31. The molecule has 122 valence electrons. The van der Waals surface area contributed by atoms with E-state index in [0.717, 1.165) is 12.1 Å². The Morgan fingerprint density at radius 2 is 1.91 bits per heavy atom. The summed E-state index contributed by atoms with van der Waals surface area (Å²) in [6.45, 7) is 1.64. The lowest BCUT2D eigenvalue weighted by molar-refractivity contribution is -0.137. The molecule has 0 aliphatic carbocycles. The minimum Gasteiger partial charge on any atom is -0.302 e. The lowest BCUT2D eigenvalue weighted by Crippen LogP contribution is -2.23. The standard InChI is InChI=1S/C14H13F3N4O2/c1-8-11(13(23)21-19-8)6-12(22)20-18-7-9-2-4-10(5-3-9)14(15,16)17/h2-5,7H,6H2,1H3,(H,20,22)(H2,19,21,23). The topological polar surface area (TPSA) is 90.1 Å². The van der Waals surface area contributed by atoms with Gasteiger partial charge in [-0.2, -0.15) is 18.3 Å². The van der Waals surface area contributed by atoms with Crippen molar-refractivity contribution in [1.82, 2.24) is 15.6 Å². The van der Waals surface area contributed by atoms with Crippen molar-refractivity contribution in [1.29, 1.82) is 0 Å². The largest absolute Gasteiger partial charge is 0.416 e. The summed E-state index contributed by atoms with van der Waals surface area (Å²) in [6, 6.07) is 4.32. The number of nitrogens with zero attached hydrogens (tertiary/aromatic N) is 1. The number of halogens is 3. The molecule has 0 bridgehead atoms. The lowest BCUT2D eigenvalue weighted by atomic mass is 10.1. The summed E-state index contributed by atoms with van der Waals surface area (Å²) >= 11 is 0. The van der Waals surface area contributed by atoms with Crippen molar-refractivity contribution in [3.05, 3.63) is 57.0 Å². The fourth-order valence-electron chi connectivity index (χ4n) is 1.82. The average Bonchev–Trinajstić information content (AvgIpc) is 2.79. The number of hydrogen-bond acceptors (Lipinski definition) is 3. The number of amides is 1. The molecule has 0 unspecified atom stereocenters. The molecule has 2 rings (SSSR count). The number of nitrogens with one attached hydrogen (secondary N) is 3. The van der Waals surface area contributed by atoms with Crippen molar-refractivity contribution in [2.24, 2.45) is 5.10 Å². The van der Waals surface area contributed by atoms with E-state index in [1.807, 2.05) is 0 Å². The van der Waals surface area contributed by atoms with Crippen molar-refractivity contribution in [3.63, 3.8) is 0 Å². The fourth-order valence-corrected chi connectivity index (χ4v) is 1.82. The molecule has 9 heteroatoms. The third-order valence-corrected chi connectivity index (χ3v) is 3.07. The third-order valence-electron chi connectivity index (χ3n) is 3.07. The molecule has 1 aromatic heterocycles. The minimum atomic E-state index is -4.40. The average molecular weight is 326 g/mol. The van der Waals surface area contributed by atoms with Crippen LogP contribution in [0.25, 0.3) is 0 Å². The van der Waals surface area contributed by atoms with E-state index in [2.05, 4.69) is 20.7 Å². The van der Waals surface area contributed by atoms with Gasteiger partial charge in [0, 0.05) is 11.3 Å². The first-order valence-corrected chi connectivity index (χ1v) is 6.52. The highest BCUT2D eigenvalue weighted by molar-refractivity contribution is 5.83. The maximum absolute atomic E-state index is 12.4. The molecule has 6 nitrogen and oxygen atoms in total. The molecule has 1 amide bonds. The van der Waals surface area contributed by atoms with Gasteiger partial charge in [0.25, 0.3) is 5.56 Å². The van der Waals surface area contributed by atoms with Gasteiger partial charge in [0.15, 0.2) is 0 Å². The van der Waals surface area contributed by atoms with Crippen LogP contribution in [0.15, 0.2) is 34.2 Å². The first kappa shape index (κ1) is 16.5. The molecule has 0 radical (unpaired) electrons. The second-order valence-corrected chi connectivity index (χ2v) is 4.77. The molecule has 0 saturated carbocycles. The first-order chi connectivity index (χ1) is 10.8. The van der Waals surface area contributed by atoms with Gasteiger partial charge in [-0.3, -0.25) is 14.7 Å². The van der Waals surface area contributed by atoms with Crippen LogP contribution in [0, 0.1) is 6.92 Å². The van der Waals surface area contributed by atoms with Crippen LogP contribution in [0.5, 0.6) is 0 Å². The summed E-state index contributed by atoms with van der Waals surface area (Å²) < 4.78 is 37.2. The van der Waals surface area contributed by atoms with Crippen LogP contribution in [0.2, 0.25) is 0 Å². The molecule has 1 aromatic carbocycles. The molecular formula is C14H13F3N4O2. The highest BCUT2D eigenvalue weighted by atomic mass is 19.4. The Bertz CT molecular complexity index is 773. The first-order valence-electron chi connectivity index (χ1n) is 6.52. The van der Waals surface area contributed by atoms with E-state index in [0.29, 0.717) is 16.8 Å². The number of hydrazone groups is 1. The second-order valence-electron chi connectivity index (χ2n) is 4.77. The summed E-state index contributed by atoms with van der Waals surface area (Å²) in [5, 5.41) is 8.59. The Morgan fingerprint density at radius 3 is 2.43 bits per heavy atom. The second kappa shape index (κ2) is 6.51. The van der Waals surface area contributed by atoms with Crippen LogP contribution in [-0.4, -0.2) is 22.3 Å². The van der Waals surface area contributed by atoms with Crippen LogP contribution in [-0.2, 0) is 17.4 Å². The molecule has 23 heavy (non-hydrogen) atoms. The number of aromatic nitrogens is 2. The smallest absolute Gasteiger partial charge is 0.302 e. The molecule has 0 atom stereocenters. The highest BCUT2D eigenvalue weighted by Crippen LogP contribution is 2.28. The summed E-state index contributed by atoms with van der Waals surface area (Å²) in [6.07, 6.45) is -3.34. The Balaban J connectivity index is 1.94. The molecule has 1 heterocycles. The number of benzene rings is 1. The van der Waals surface area contributed by atoms with Gasteiger partial charge in [-0.15, -0.1) is 0 Å². The Kier molecular flexibility index (Phi) is 4.68. The monoisotopic (exact) mass is 326 g/mol. The van der Waals surface area contributed by atoms with E-state index in [1.165, 1.54) is 18.3 Å². The van der Waals surface area contributed by atoms with Gasteiger partial charge >= 0.3 is 6.18 Å². The zero-order chi connectivity index (χ0) is 17.0. The number of aromatic amines is 2. The molecular weight excluding hydrogens is 313 g/mol. The molecule has 0 aliphatic heterocycles. The van der Waals surface area contributed by atoms with Gasteiger partial charge in [-0.1, -0.05) is 12.1 Å². The number of hydrogen-bond donors (Lipinski definition) is 3. The molecule has 3 N–H and O–H groups in total. The molecule has 0 spiro atoms. The van der Waals surface area contributed by atoms with Crippen molar-refractivity contribution in [2.45, 2.75) is 19.5 Å². The predicted molar refractivity (Wildman–Crippen MR) is 77.0 cm³/mol. The van der Waals surface area contributed by atoms with Gasteiger partial charge < -0.3 is 5.10 Å². The Labute approximate surface area is 128 Å². The van der Waals surface area contributed by atoms with Crippen LogP contribution < -0.4 is 11.0 Å². The van der Waals surface area contributed by atoms with Gasteiger partial charge in [-0.05, 0) is 24.6 Å². The number of aryl methyl sites for hydroxylation is 1. The number of alkyl halides is 3. The van der Waals surface area contributed by atoms with E-state index < -0.39 is 17.6 Å². The van der Waals surface area contributed by atoms with E-state index in [1.54, 1.807) is 6.92 Å². The van der Waals surface area contributed by atoms with E-state index in [-0.39, 0.29) is 12.0 Å². The van der Waals surface area contributed by atoms with Crippen molar-refractivity contribution in [3.8, 4) is 0 Å². The number of rotatable bonds is 4. The summed E-state index contributed by atoms with van der Waals surface area (Å²) in [4.78, 5) is 23.0. The highest BCUT2D eigenvalue weighted by Gasteiger charge is 2.29. The van der Waals surface area contributed by atoms with Gasteiger partial charge in [0.05, 0.1) is 18.2 Å². The molecule has 0 aliphatic rings. The van der Waals surface area contributed by atoms with E-state index in [9.17, 15) is 22.8 Å².